The highest BCUT2D eigenvalue weighted by atomic mass is 16.3. The van der Waals surface area contributed by atoms with E-state index in [2.05, 4.69) is 11.5 Å². The van der Waals surface area contributed by atoms with Crippen LogP contribution in [0, 0.1) is 13.8 Å². The molecule has 0 fully saturated rings. The van der Waals surface area contributed by atoms with Gasteiger partial charge < -0.3 is 9.67 Å². The van der Waals surface area contributed by atoms with Crippen molar-refractivity contribution in [3.8, 4) is 0 Å². The third-order valence-electron chi connectivity index (χ3n) is 3.09. The second kappa shape index (κ2) is 5.98. The van der Waals surface area contributed by atoms with E-state index in [0.29, 0.717) is 13.1 Å². The molecule has 0 amide bonds. The molecule has 0 aliphatic rings. The number of rotatable bonds is 6. The van der Waals surface area contributed by atoms with Gasteiger partial charge in [0.1, 0.15) is 0 Å². The minimum Gasteiger partial charge on any atom is -0.395 e. The number of aryl methyl sites for hydroxylation is 1. The van der Waals surface area contributed by atoms with E-state index in [-0.39, 0.29) is 12.4 Å². The number of hydrogen-bond acceptors (Lipinski definition) is 3. The summed E-state index contributed by atoms with van der Waals surface area (Å²) in [4.78, 5) is 13.9. The number of aliphatic hydroxyl groups excluding tert-OH is 1. The summed E-state index contributed by atoms with van der Waals surface area (Å²) >= 11 is 0. The van der Waals surface area contributed by atoms with Crippen LogP contribution in [0.4, 0.5) is 0 Å². The number of aliphatic hydroxyl groups is 1. The second-order valence-corrected chi connectivity index (χ2v) is 4.41. The number of carbonyl (C=O) groups is 1. The summed E-state index contributed by atoms with van der Waals surface area (Å²) in [5, 5.41) is 8.80. The van der Waals surface area contributed by atoms with Crippen LogP contribution >= 0.6 is 0 Å². The Bertz CT molecular complexity index is 396. The first-order valence-electron chi connectivity index (χ1n) is 6.00. The topological polar surface area (TPSA) is 45.5 Å². The van der Waals surface area contributed by atoms with E-state index in [1.165, 1.54) is 0 Å². The predicted octanol–water partition coefficient (Wildman–Crippen LogP) is 1.23. The zero-order valence-electron chi connectivity index (χ0n) is 11.2. The minimum absolute atomic E-state index is 0.0811. The average molecular weight is 238 g/mol. The molecule has 0 aliphatic heterocycles. The van der Waals surface area contributed by atoms with E-state index < -0.39 is 0 Å². The van der Waals surface area contributed by atoms with Crippen LogP contribution in [-0.2, 0) is 6.54 Å². The Morgan fingerprint density at radius 3 is 2.59 bits per heavy atom. The molecule has 0 saturated carbocycles. The molecule has 0 saturated heterocycles. The molecule has 0 spiro atoms. The highest BCUT2D eigenvalue weighted by Crippen LogP contribution is 2.15. The van der Waals surface area contributed by atoms with Crippen molar-refractivity contribution in [2.75, 3.05) is 26.7 Å². The van der Waals surface area contributed by atoms with E-state index in [9.17, 15) is 4.79 Å². The lowest BCUT2D eigenvalue weighted by molar-refractivity contribution is 0.0935. The van der Waals surface area contributed by atoms with Crippen LogP contribution in [-0.4, -0.2) is 47.1 Å². The molecule has 1 aromatic rings. The van der Waals surface area contributed by atoms with Gasteiger partial charge >= 0.3 is 0 Å². The molecule has 1 N–H and O–H groups in total. The molecule has 1 heterocycles. The average Bonchev–Trinajstić information content (AvgIpc) is 2.54. The number of carbonyl (C=O) groups excluding carboxylic acids is 1. The van der Waals surface area contributed by atoms with Crippen molar-refractivity contribution in [2.24, 2.45) is 0 Å². The van der Waals surface area contributed by atoms with Gasteiger partial charge in [-0.05, 0) is 33.9 Å². The van der Waals surface area contributed by atoms with Crippen molar-refractivity contribution in [3.05, 3.63) is 23.0 Å². The molecule has 1 aromatic heterocycles. The highest BCUT2D eigenvalue weighted by molar-refractivity contribution is 5.99. The molecule has 96 valence electrons. The predicted molar refractivity (Wildman–Crippen MR) is 68.5 cm³/mol. The van der Waals surface area contributed by atoms with Gasteiger partial charge in [0.05, 0.1) is 13.2 Å². The molecule has 17 heavy (non-hydrogen) atoms. The lowest BCUT2D eigenvalue weighted by atomic mass is 10.1. The van der Waals surface area contributed by atoms with Gasteiger partial charge in [-0.15, -0.1) is 0 Å². The van der Waals surface area contributed by atoms with Gasteiger partial charge in [-0.25, -0.2) is 0 Å². The summed E-state index contributed by atoms with van der Waals surface area (Å²) < 4.78 is 2.14. The first-order chi connectivity index (χ1) is 8.01. The number of aromatic nitrogens is 1. The quantitative estimate of drug-likeness (QED) is 0.758. The lowest BCUT2D eigenvalue weighted by Gasteiger charge is -2.13. The van der Waals surface area contributed by atoms with Crippen LogP contribution in [0.5, 0.6) is 0 Å². The fraction of sp³-hybridized carbons (Fsp3) is 0.615. The largest absolute Gasteiger partial charge is 0.395 e. The van der Waals surface area contributed by atoms with Crippen LogP contribution < -0.4 is 0 Å². The molecule has 0 aliphatic carbocycles. The molecule has 0 atom stereocenters. The van der Waals surface area contributed by atoms with E-state index in [0.717, 1.165) is 23.5 Å². The van der Waals surface area contributed by atoms with Gasteiger partial charge in [0.2, 0.25) is 0 Å². The fourth-order valence-electron chi connectivity index (χ4n) is 2.15. The first-order valence-corrected chi connectivity index (χ1v) is 6.00. The molecule has 0 bridgehead atoms. The number of nitrogens with zero attached hydrogens (tertiary/aromatic N) is 2. The maximum Gasteiger partial charge on any atom is 0.178 e. The van der Waals surface area contributed by atoms with Crippen molar-refractivity contribution in [1.82, 2.24) is 9.47 Å². The van der Waals surface area contributed by atoms with Gasteiger partial charge in [-0.1, -0.05) is 0 Å². The first kappa shape index (κ1) is 13.9. The van der Waals surface area contributed by atoms with Gasteiger partial charge in [-0.2, -0.15) is 0 Å². The Balaban J connectivity index is 2.82. The Morgan fingerprint density at radius 1 is 1.47 bits per heavy atom. The Labute approximate surface area is 103 Å². The smallest absolute Gasteiger partial charge is 0.178 e. The van der Waals surface area contributed by atoms with Crippen molar-refractivity contribution in [2.45, 2.75) is 27.3 Å². The van der Waals surface area contributed by atoms with E-state index in [4.69, 9.17) is 5.11 Å². The van der Waals surface area contributed by atoms with E-state index in [1.54, 1.807) is 0 Å². The van der Waals surface area contributed by atoms with E-state index in [1.807, 2.05) is 31.9 Å². The summed E-state index contributed by atoms with van der Waals surface area (Å²) in [6.07, 6.45) is 0. The number of likely N-dealkylation sites (N-methyl/N-ethyl adjacent to an activating group) is 1. The minimum atomic E-state index is 0.0811. The molecule has 4 nitrogen and oxygen atoms in total. The second-order valence-electron chi connectivity index (χ2n) is 4.41. The van der Waals surface area contributed by atoms with Crippen molar-refractivity contribution >= 4 is 5.78 Å². The van der Waals surface area contributed by atoms with Crippen LogP contribution in [0.2, 0.25) is 0 Å². The summed E-state index contributed by atoms with van der Waals surface area (Å²) in [6.45, 7) is 7.93. The van der Waals surface area contributed by atoms with Crippen LogP contribution in [0.25, 0.3) is 0 Å². The number of Topliss-reactive ketones (excluding diaryl/α,β-unsaturated/α-hetero) is 1. The monoisotopic (exact) mass is 238 g/mol. The van der Waals surface area contributed by atoms with Crippen molar-refractivity contribution < 1.29 is 9.90 Å². The van der Waals surface area contributed by atoms with Gasteiger partial charge in [0.25, 0.3) is 0 Å². The third kappa shape index (κ3) is 3.17. The fourth-order valence-corrected chi connectivity index (χ4v) is 2.15. The SMILES string of the molecule is CCn1c(C)cc(C(=O)CN(C)CCO)c1C. The summed E-state index contributed by atoms with van der Waals surface area (Å²) in [7, 11) is 1.84. The van der Waals surface area contributed by atoms with Crippen LogP contribution in [0.15, 0.2) is 6.07 Å². The summed E-state index contributed by atoms with van der Waals surface area (Å²) in [6, 6.07) is 1.95. The molecule has 1 rings (SSSR count). The molecule has 0 radical (unpaired) electrons. The van der Waals surface area contributed by atoms with E-state index >= 15 is 0 Å². The van der Waals surface area contributed by atoms with Gasteiger partial charge in [-0.3, -0.25) is 9.69 Å². The molecule has 4 heteroatoms. The molecular formula is C13H22N2O2. The Hall–Kier alpha value is -1.13. The van der Waals surface area contributed by atoms with Gasteiger partial charge in [0.15, 0.2) is 5.78 Å². The molecule has 0 aromatic carbocycles. The zero-order chi connectivity index (χ0) is 13.0. The highest BCUT2D eigenvalue weighted by Gasteiger charge is 2.16. The number of hydrogen-bond donors (Lipinski definition) is 1. The summed E-state index contributed by atoms with van der Waals surface area (Å²) in [5.41, 5.74) is 2.96. The van der Waals surface area contributed by atoms with Crippen LogP contribution in [0.1, 0.15) is 28.7 Å². The van der Waals surface area contributed by atoms with Crippen molar-refractivity contribution in [3.63, 3.8) is 0 Å². The normalized spacial score (nSPS) is 11.2. The summed E-state index contributed by atoms with van der Waals surface area (Å²) in [5.74, 6) is 0.119. The maximum atomic E-state index is 12.1. The number of ketones is 1. The third-order valence-corrected chi connectivity index (χ3v) is 3.09. The standard InChI is InChI=1S/C13H22N2O2/c1-5-15-10(2)8-12(11(15)3)13(17)9-14(4)6-7-16/h8,16H,5-7,9H2,1-4H3. The van der Waals surface area contributed by atoms with Crippen LogP contribution in [0.3, 0.4) is 0 Å². The van der Waals surface area contributed by atoms with Gasteiger partial charge in [0, 0.05) is 30.0 Å². The molecule has 0 unspecified atom stereocenters. The Morgan fingerprint density at radius 2 is 2.12 bits per heavy atom. The molecular weight excluding hydrogens is 216 g/mol. The maximum absolute atomic E-state index is 12.1. The van der Waals surface area contributed by atoms with Crippen molar-refractivity contribution in [1.29, 1.82) is 0 Å². The zero-order valence-corrected chi connectivity index (χ0v) is 11.2. The lowest BCUT2D eigenvalue weighted by Crippen LogP contribution is -2.28. The Kier molecular flexibility index (Phi) is 4.90.